The molecule has 0 atom stereocenters. The Morgan fingerprint density at radius 3 is 1.73 bits per heavy atom. The largest absolute Gasteiger partial charge is 0.455 e. The van der Waals surface area contributed by atoms with Crippen molar-refractivity contribution in [1.29, 1.82) is 0 Å². The molecule has 0 fully saturated rings. The lowest BCUT2D eigenvalue weighted by molar-refractivity contribution is 0.604. The monoisotopic (exact) mass is 813 g/mol. The summed E-state index contributed by atoms with van der Waals surface area (Å²) in [5, 5.41) is 8.64. The molecule has 306 valence electrons. The Balaban J connectivity index is 0.00000249. The maximum Gasteiger partial charge on any atom is 0.143 e. The van der Waals surface area contributed by atoms with E-state index in [-0.39, 0.29) is 0 Å². The maximum absolute atomic E-state index is 6.45. The molecule has 2 heteroatoms. The number of hydrogen-bond donors (Lipinski definition) is 0. The molecule has 0 amide bonds. The number of aryl methyl sites for hydroxylation is 1. The number of nitrogens with zero attached hydrogens (tertiary/aromatic N) is 1. The first-order valence-corrected chi connectivity index (χ1v) is 22.0. The van der Waals surface area contributed by atoms with E-state index in [0.717, 1.165) is 50.5 Å². The predicted molar refractivity (Wildman–Crippen MR) is 275 cm³/mol. The number of hydrogen-bond acceptors (Lipinski definition) is 2. The van der Waals surface area contributed by atoms with E-state index < -0.39 is 0 Å². The molecular formula is C61H51NO. The highest BCUT2D eigenvalue weighted by Gasteiger charge is 2.17. The molecule has 0 aliphatic rings. The molecule has 2 nitrogen and oxygen atoms in total. The highest BCUT2D eigenvalue weighted by Crippen LogP contribution is 2.40. The molecule has 0 spiro atoms. The molecule has 0 saturated carbocycles. The fraction of sp³-hybridized carbons (Fsp3) is 0.0820. The van der Waals surface area contributed by atoms with Gasteiger partial charge in [-0.2, -0.15) is 0 Å². The van der Waals surface area contributed by atoms with Gasteiger partial charge in [-0.1, -0.05) is 178 Å². The van der Waals surface area contributed by atoms with Crippen LogP contribution in [0.5, 0.6) is 0 Å². The zero-order valence-corrected chi connectivity index (χ0v) is 36.7. The average molecular weight is 814 g/mol. The van der Waals surface area contributed by atoms with E-state index in [1.165, 1.54) is 65.7 Å². The number of rotatable bonds is 9. The van der Waals surface area contributed by atoms with E-state index in [0.29, 0.717) is 0 Å². The SMILES string of the molecule is C=Cc1c(/C=C\C)oc2c(-c3ccc(N(c4ccc(/C(C)=C/c5c(C)ccc6ccccc56)cc4)c4ccc(-c5ccc6ccc7ccccc7c6c5)cc4)cc3)cccc12.CC. The van der Waals surface area contributed by atoms with Crippen molar-refractivity contribution in [2.45, 2.75) is 34.6 Å². The minimum Gasteiger partial charge on any atom is -0.455 e. The van der Waals surface area contributed by atoms with Gasteiger partial charge in [-0.3, -0.25) is 0 Å². The lowest BCUT2D eigenvalue weighted by atomic mass is 9.96. The van der Waals surface area contributed by atoms with Crippen LogP contribution in [0.4, 0.5) is 17.1 Å². The van der Waals surface area contributed by atoms with Gasteiger partial charge in [0, 0.05) is 33.6 Å². The summed E-state index contributed by atoms with van der Waals surface area (Å²) in [5.41, 5.74) is 14.6. The number of fused-ring (bicyclic) bond motifs is 5. The van der Waals surface area contributed by atoms with Gasteiger partial charge in [-0.15, -0.1) is 0 Å². The summed E-state index contributed by atoms with van der Waals surface area (Å²) in [5.74, 6) is 0.823. The number of furan rings is 1. The van der Waals surface area contributed by atoms with Gasteiger partial charge in [0.05, 0.1) is 0 Å². The van der Waals surface area contributed by atoms with Crippen molar-refractivity contribution in [3.8, 4) is 22.3 Å². The Morgan fingerprint density at radius 2 is 1.06 bits per heavy atom. The van der Waals surface area contributed by atoms with Crippen LogP contribution in [0.2, 0.25) is 0 Å². The number of benzene rings is 9. The Bertz CT molecular complexity index is 3320. The van der Waals surface area contributed by atoms with Crippen molar-refractivity contribution < 1.29 is 4.42 Å². The molecule has 10 aromatic rings. The molecule has 63 heavy (non-hydrogen) atoms. The van der Waals surface area contributed by atoms with Crippen molar-refractivity contribution >= 4 is 84.1 Å². The predicted octanol–water partition coefficient (Wildman–Crippen LogP) is 18.3. The van der Waals surface area contributed by atoms with Crippen LogP contribution < -0.4 is 4.90 Å². The highest BCUT2D eigenvalue weighted by atomic mass is 16.3. The molecule has 1 heterocycles. The molecule has 0 bridgehead atoms. The molecular weight excluding hydrogens is 763 g/mol. The zero-order chi connectivity index (χ0) is 43.5. The van der Waals surface area contributed by atoms with Gasteiger partial charge in [0.2, 0.25) is 0 Å². The van der Waals surface area contributed by atoms with Crippen LogP contribution in [-0.4, -0.2) is 0 Å². The van der Waals surface area contributed by atoms with Gasteiger partial charge < -0.3 is 9.32 Å². The Kier molecular flexibility index (Phi) is 11.5. The van der Waals surface area contributed by atoms with E-state index in [2.05, 4.69) is 213 Å². The molecule has 0 saturated heterocycles. The summed E-state index contributed by atoms with van der Waals surface area (Å²) < 4.78 is 6.45. The summed E-state index contributed by atoms with van der Waals surface area (Å²) in [6.45, 7) is 14.5. The van der Waals surface area contributed by atoms with E-state index in [4.69, 9.17) is 4.42 Å². The maximum atomic E-state index is 6.45. The summed E-state index contributed by atoms with van der Waals surface area (Å²) in [4.78, 5) is 2.34. The summed E-state index contributed by atoms with van der Waals surface area (Å²) >= 11 is 0. The second-order valence-electron chi connectivity index (χ2n) is 15.8. The first-order valence-electron chi connectivity index (χ1n) is 22.0. The first kappa shape index (κ1) is 40.7. The van der Waals surface area contributed by atoms with E-state index in [1.807, 2.05) is 39.0 Å². The van der Waals surface area contributed by atoms with Crippen LogP contribution in [0.3, 0.4) is 0 Å². The number of anilines is 3. The van der Waals surface area contributed by atoms with Crippen LogP contribution in [-0.2, 0) is 0 Å². The van der Waals surface area contributed by atoms with Crippen molar-refractivity contribution in [2.24, 2.45) is 0 Å². The summed E-state index contributed by atoms with van der Waals surface area (Å²) in [6.07, 6.45) is 8.21. The Hall–Kier alpha value is -7.68. The second kappa shape index (κ2) is 17.7. The third-order valence-corrected chi connectivity index (χ3v) is 12.1. The number of allylic oxidation sites excluding steroid dienone is 2. The third-order valence-electron chi connectivity index (χ3n) is 12.1. The topological polar surface area (TPSA) is 16.4 Å². The molecule has 10 rings (SSSR count). The van der Waals surface area contributed by atoms with Gasteiger partial charge in [-0.05, 0) is 141 Å². The van der Waals surface area contributed by atoms with Crippen molar-refractivity contribution in [3.63, 3.8) is 0 Å². The molecule has 0 N–H and O–H groups in total. The molecule has 0 unspecified atom stereocenters. The fourth-order valence-electron chi connectivity index (χ4n) is 8.86. The summed E-state index contributed by atoms with van der Waals surface area (Å²) in [7, 11) is 0. The molecule has 0 aliphatic heterocycles. The van der Waals surface area contributed by atoms with Gasteiger partial charge in [-0.25, -0.2) is 0 Å². The van der Waals surface area contributed by atoms with Crippen molar-refractivity contribution in [2.75, 3.05) is 4.90 Å². The Morgan fingerprint density at radius 1 is 0.524 bits per heavy atom. The second-order valence-corrected chi connectivity index (χ2v) is 15.8. The molecule has 1 aromatic heterocycles. The van der Waals surface area contributed by atoms with E-state index >= 15 is 0 Å². The lowest BCUT2D eigenvalue weighted by Crippen LogP contribution is -2.09. The minimum absolute atomic E-state index is 0.823. The third kappa shape index (κ3) is 7.77. The quantitative estimate of drug-likeness (QED) is 0.107. The molecule has 9 aromatic carbocycles. The molecule has 0 aliphatic carbocycles. The normalized spacial score (nSPS) is 11.7. The zero-order valence-electron chi connectivity index (χ0n) is 36.7. The van der Waals surface area contributed by atoms with Crippen LogP contribution >= 0.6 is 0 Å². The summed E-state index contributed by atoms with van der Waals surface area (Å²) in [6, 6.07) is 66.0. The smallest absolute Gasteiger partial charge is 0.143 e. The van der Waals surface area contributed by atoms with Gasteiger partial charge in [0.15, 0.2) is 0 Å². The van der Waals surface area contributed by atoms with Crippen LogP contribution in [0.1, 0.15) is 55.7 Å². The van der Waals surface area contributed by atoms with Crippen LogP contribution in [0.15, 0.2) is 199 Å². The van der Waals surface area contributed by atoms with Gasteiger partial charge >= 0.3 is 0 Å². The number of para-hydroxylation sites is 1. The van der Waals surface area contributed by atoms with Crippen LogP contribution in [0.25, 0.3) is 89.3 Å². The van der Waals surface area contributed by atoms with Gasteiger partial charge in [0.25, 0.3) is 0 Å². The molecule has 0 radical (unpaired) electrons. The highest BCUT2D eigenvalue weighted by molar-refractivity contribution is 6.09. The Labute approximate surface area is 371 Å². The van der Waals surface area contributed by atoms with E-state index in [1.54, 1.807) is 0 Å². The minimum atomic E-state index is 0.823. The first-order chi connectivity index (χ1) is 31.0. The van der Waals surface area contributed by atoms with Crippen molar-refractivity contribution in [3.05, 3.63) is 223 Å². The standard InChI is InChI=1S/C59H45NO.C2H6/c1-5-12-58-51(6-2)55-18-11-17-54(59(55)61-58)45-29-35-50(36-30-45)60(48-31-25-41(26-32-48)40(4)37-56-39(3)19-20-43-13-7-9-15-52(43)56)49-33-27-42(28-34-49)47-24-23-46-22-21-44-14-8-10-16-53(44)57(46)38-47;1-2/h5-38H,2H2,1,3-4H3;1-2H3/b12-5-,40-37+;. The lowest BCUT2D eigenvalue weighted by Gasteiger charge is -2.26. The van der Waals surface area contributed by atoms with Crippen LogP contribution in [0, 0.1) is 6.92 Å². The van der Waals surface area contributed by atoms with Crippen molar-refractivity contribution in [1.82, 2.24) is 0 Å². The average Bonchev–Trinajstić information content (AvgIpc) is 3.71. The van der Waals surface area contributed by atoms with E-state index in [9.17, 15) is 0 Å². The fourth-order valence-corrected chi connectivity index (χ4v) is 8.86. The van der Waals surface area contributed by atoms with Gasteiger partial charge in [0.1, 0.15) is 11.3 Å².